The summed E-state index contributed by atoms with van der Waals surface area (Å²) >= 11 is 0. The zero-order valence-corrected chi connectivity index (χ0v) is 18.1. The van der Waals surface area contributed by atoms with E-state index in [4.69, 9.17) is 11.5 Å². The van der Waals surface area contributed by atoms with Crippen LogP contribution in [0.4, 0.5) is 0 Å². The lowest BCUT2D eigenvalue weighted by Crippen LogP contribution is -2.53. The van der Waals surface area contributed by atoms with E-state index in [1.54, 1.807) is 16.0 Å². The van der Waals surface area contributed by atoms with Crippen LogP contribution in [-0.4, -0.2) is 51.9 Å². The summed E-state index contributed by atoms with van der Waals surface area (Å²) < 4.78 is 0. The minimum absolute atomic E-state index is 0.000493. The Morgan fingerprint density at radius 1 is 1.19 bits per heavy atom. The summed E-state index contributed by atoms with van der Waals surface area (Å²) in [6.07, 6.45) is 5.67. The van der Waals surface area contributed by atoms with Crippen molar-refractivity contribution in [3.8, 4) is 0 Å². The summed E-state index contributed by atoms with van der Waals surface area (Å²) in [5, 5.41) is 0. The Bertz CT molecular complexity index is 830. The fraction of sp³-hybridized carbons (Fsp3) is 0.458. The molecule has 166 valence electrons. The van der Waals surface area contributed by atoms with Crippen LogP contribution >= 0.6 is 0 Å². The van der Waals surface area contributed by atoms with E-state index in [1.807, 2.05) is 55.5 Å². The van der Waals surface area contributed by atoms with Gasteiger partial charge in [0.1, 0.15) is 6.17 Å². The lowest BCUT2D eigenvalue weighted by Gasteiger charge is -2.39. The molecule has 1 aromatic heterocycles. The van der Waals surface area contributed by atoms with Crippen molar-refractivity contribution < 1.29 is 9.59 Å². The van der Waals surface area contributed by atoms with Gasteiger partial charge in [-0.05, 0) is 50.3 Å². The van der Waals surface area contributed by atoms with Crippen molar-refractivity contribution >= 4 is 12.3 Å². The van der Waals surface area contributed by atoms with Crippen LogP contribution in [0.1, 0.15) is 49.9 Å². The predicted octanol–water partition coefficient (Wildman–Crippen LogP) is 2.23. The van der Waals surface area contributed by atoms with Crippen LogP contribution in [0.5, 0.6) is 0 Å². The van der Waals surface area contributed by atoms with Crippen molar-refractivity contribution in [2.24, 2.45) is 11.5 Å². The second-order valence-electron chi connectivity index (χ2n) is 8.32. The van der Waals surface area contributed by atoms with Gasteiger partial charge in [0, 0.05) is 30.9 Å². The van der Waals surface area contributed by atoms with Gasteiger partial charge in [-0.15, -0.1) is 0 Å². The van der Waals surface area contributed by atoms with Crippen LogP contribution in [-0.2, 0) is 16.0 Å². The Labute approximate surface area is 184 Å². The predicted molar refractivity (Wildman–Crippen MR) is 121 cm³/mol. The van der Waals surface area contributed by atoms with Crippen molar-refractivity contribution in [3.05, 3.63) is 66.0 Å². The third kappa shape index (κ3) is 5.89. The first-order valence-electron chi connectivity index (χ1n) is 11.0. The zero-order valence-electron chi connectivity index (χ0n) is 18.1. The van der Waals surface area contributed by atoms with Crippen LogP contribution in [0.15, 0.2) is 54.7 Å². The molecule has 2 heterocycles. The molecule has 1 aliphatic heterocycles. The number of carbonyl (C=O) groups is 2. The van der Waals surface area contributed by atoms with Gasteiger partial charge in [-0.3, -0.25) is 14.6 Å². The molecule has 0 saturated carbocycles. The average Bonchev–Trinajstić information content (AvgIpc) is 3.27. The Balaban J connectivity index is 1.84. The monoisotopic (exact) mass is 423 g/mol. The van der Waals surface area contributed by atoms with Gasteiger partial charge in [0.2, 0.25) is 12.3 Å². The average molecular weight is 424 g/mol. The summed E-state index contributed by atoms with van der Waals surface area (Å²) in [7, 11) is 0. The molecule has 4 N–H and O–H groups in total. The van der Waals surface area contributed by atoms with Crippen molar-refractivity contribution in [3.63, 3.8) is 0 Å². The quantitative estimate of drug-likeness (QED) is 0.570. The Kier molecular flexibility index (Phi) is 8.14. The highest BCUT2D eigenvalue weighted by Gasteiger charge is 2.38. The van der Waals surface area contributed by atoms with Gasteiger partial charge in [-0.2, -0.15) is 0 Å². The number of carbonyl (C=O) groups excluding carboxylic acids is 2. The van der Waals surface area contributed by atoms with Crippen LogP contribution < -0.4 is 11.5 Å². The largest absolute Gasteiger partial charge is 0.328 e. The fourth-order valence-corrected chi connectivity index (χ4v) is 4.23. The molecule has 7 nitrogen and oxygen atoms in total. The molecule has 4 atom stereocenters. The lowest BCUT2D eigenvalue weighted by molar-refractivity contribution is -0.141. The van der Waals surface area contributed by atoms with Gasteiger partial charge in [0.05, 0.1) is 12.1 Å². The zero-order chi connectivity index (χ0) is 22.2. The van der Waals surface area contributed by atoms with E-state index in [9.17, 15) is 9.59 Å². The Hall–Kier alpha value is -2.77. The first-order valence-corrected chi connectivity index (χ1v) is 11.0. The highest BCUT2D eigenvalue weighted by atomic mass is 16.2. The molecular formula is C24H33N5O2. The summed E-state index contributed by atoms with van der Waals surface area (Å²) in [5.74, 6) is -0.111. The molecule has 1 fully saturated rings. The lowest BCUT2D eigenvalue weighted by atomic mass is 9.99. The van der Waals surface area contributed by atoms with Gasteiger partial charge < -0.3 is 21.3 Å². The maximum atomic E-state index is 13.1. The second-order valence-corrected chi connectivity index (χ2v) is 8.32. The van der Waals surface area contributed by atoms with E-state index in [0.29, 0.717) is 25.8 Å². The number of hydrogen-bond acceptors (Lipinski definition) is 5. The smallest absolute Gasteiger partial charge is 0.241 e. The summed E-state index contributed by atoms with van der Waals surface area (Å²) in [6, 6.07) is 14.8. The molecule has 0 radical (unpaired) electrons. The van der Waals surface area contributed by atoms with Crippen LogP contribution in [0.2, 0.25) is 0 Å². The molecule has 1 saturated heterocycles. The summed E-state index contributed by atoms with van der Waals surface area (Å²) in [6.45, 7) is 2.51. The minimum Gasteiger partial charge on any atom is -0.328 e. The van der Waals surface area contributed by atoms with E-state index in [-0.39, 0.29) is 24.2 Å². The molecule has 0 spiro atoms. The summed E-state index contributed by atoms with van der Waals surface area (Å²) in [5.41, 5.74) is 13.9. The van der Waals surface area contributed by atoms with E-state index in [0.717, 1.165) is 30.5 Å². The molecule has 31 heavy (non-hydrogen) atoms. The minimum atomic E-state index is -0.605. The normalized spacial score (nSPS) is 18.9. The van der Waals surface area contributed by atoms with Gasteiger partial charge in [0.25, 0.3) is 0 Å². The number of amides is 2. The standard InChI is InChI=1S/C24H33N5O2/c1-18(25)12-13-21(26)24(31)28-15-7-11-23(28)29(17-30)22(19-8-3-2-4-9-19)16-20-10-5-6-14-27-20/h2-6,8-10,14,17-18,21-23H,7,11-13,15-16,25-26H2,1H3/t18?,21-,22-,23?/m0/s1. The summed E-state index contributed by atoms with van der Waals surface area (Å²) in [4.78, 5) is 33.5. The topological polar surface area (TPSA) is 106 Å². The van der Waals surface area contributed by atoms with Crippen LogP contribution in [0.3, 0.4) is 0 Å². The van der Waals surface area contributed by atoms with Gasteiger partial charge >= 0.3 is 0 Å². The molecule has 2 aromatic rings. The number of benzene rings is 1. The molecule has 1 aromatic carbocycles. The third-order valence-corrected chi connectivity index (χ3v) is 5.89. The molecule has 2 amide bonds. The number of nitrogens with zero attached hydrogens (tertiary/aromatic N) is 3. The highest BCUT2D eigenvalue weighted by molar-refractivity contribution is 5.82. The number of nitrogens with two attached hydrogens (primary N) is 2. The maximum Gasteiger partial charge on any atom is 0.241 e. The highest BCUT2D eigenvalue weighted by Crippen LogP contribution is 2.31. The van der Waals surface area contributed by atoms with Crippen molar-refractivity contribution in [2.75, 3.05) is 6.54 Å². The molecule has 1 aliphatic rings. The van der Waals surface area contributed by atoms with Gasteiger partial charge in [-0.1, -0.05) is 36.4 Å². The third-order valence-electron chi connectivity index (χ3n) is 5.89. The van der Waals surface area contributed by atoms with E-state index in [2.05, 4.69) is 4.98 Å². The SMILES string of the molecule is CC(N)CC[C@H](N)C(=O)N1CCCC1N(C=O)[C@@H](Cc1ccccn1)c1ccccc1. The van der Waals surface area contributed by atoms with E-state index < -0.39 is 6.04 Å². The molecule has 3 rings (SSSR count). The van der Waals surface area contributed by atoms with Crippen molar-refractivity contribution in [1.82, 2.24) is 14.8 Å². The Morgan fingerprint density at radius 2 is 1.94 bits per heavy atom. The number of pyridine rings is 1. The van der Waals surface area contributed by atoms with E-state index >= 15 is 0 Å². The first-order chi connectivity index (χ1) is 15.0. The number of rotatable bonds is 10. The molecule has 7 heteroatoms. The van der Waals surface area contributed by atoms with Gasteiger partial charge in [-0.25, -0.2) is 0 Å². The van der Waals surface area contributed by atoms with Gasteiger partial charge in [0.15, 0.2) is 0 Å². The molecular weight excluding hydrogens is 390 g/mol. The van der Waals surface area contributed by atoms with Crippen molar-refractivity contribution in [2.45, 2.75) is 63.3 Å². The van der Waals surface area contributed by atoms with Crippen LogP contribution in [0.25, 0.3) is 0 Å². The molecule has 0 bridgehead atoms. The number of aromatic nitrogens is 1. The van der Waals surface area contributed by atoms with Crippen molar-refractivity contribution in [1.29, 1.82) is 0 Å². The molecule has 2 unspecified atom stereocenters. The molecule has 0 aliphatic carbocycles. The van der Waals surface area contributed by atoms with Crippen LogP contribution in [0, 0.1) is 0 Å². The maximum absolute atomic E-state index is 13.1. The first kappa shape index (κ1) is 22.9. The Morgan fingerprint density at radius 3 is 2.58 bits per heavy atom. The fourth-order valence-electron chi connectivity index (χ4n) is 4.23. The number of likely N-dealkylation sites (tertiary alicyclic amines) is 1. The van der Waals surface area contributed by atoms with E-state index in [1.165, 1.54) is 0 Å². The second kappa shape index (κ2) is 11.0. The number of hydrogen-bond donors (Lipinski definition) is 2.